The van der Waals surface area contributed by atoms with Crippen molar-refractivity contribution >= 4 is 22.5 Å². The molecule has 0 spiro atoms. The first-order valence-corrected chi connectivity index (χ1v) is 10.1. The molecule has 0 amide bonds. The molecule has 0 fully saturated rings. The van der Waals surface area contributed by atoms with Crippen LogP contribution in [0.1, 0.15) is 46.1 Å². The van der Waals surface area contributed by atoms with Gasteiger partial charge in [-0.2, -0.15) is 0 Å². The predicted octanol–water partition coefficient (Wildman–Crippen LogP) is 5.79. The zero-order valence-electron chi connectivity index (χ0n) is 16.4. The maximum absolute atomic E-state index is 6.63. The third-order valence-electron chi connectivity index (χ3n) is 5.60. The van der Waals surface area contributed by atoms with Crippen LogP contribution in [0.3, 0.4) is 0 Å². The highest BCUT2D eigenvalue weighted by Crippen LogP contribution is 2.34. The van der Waals surface area contributed by atoms with E-state index in [1.165, 1.54) is 5.56 Å². The number of hydrogen-bond acceptors (Lipinski definition) is 4. The SMILES string of the molecule is CCc1cc(Cl)c2c(ccn2N2C=C3N=NN(C(CC)CC)C3C=C2C)c1. The van der Waals surface area contributed by atoms with Crippen molar-refractivity contribution in [1.82, 2.24) is 9.69 Å². The van der Waals surface area contributed by atoms with Gasteiger partial charge in [0.25, 0.3) is 0 Å². The van der Waals surface area contributed by atoms with Crippen LogP contribution in [0.4, 0.5) is 0 Å². The number of nitrogens with zero attached hydrogens (tertiary/aromatic N) is 5. The van der Waals surface area contributed by atoms with Gasteiger partial charge in [0.2, 0.25) is 0 Å². The van der Waals surface area contributed by atoms with Crippen molar-refractivity contribution in [3.05, 3.63) is 58.7 Å². The van der Waals surface area contributed by atoms with Crippen molar-refractivity contribution in [1.29, 1.82) is 0 Å². The monoisotopic (exact) mass is 383 g/mol. The standard InChI is InChI=1S/C21H26ClN5/c1-5-15-11-16-8-9-25(21(16)18(22)12-15)26-13-19-20(10-14(26)4)27(24-23-19)17(6-2)7-3/h8-13,17,20H,5-7H2,1-4H3. The van der Waals surface area contributed by atoms with Crippen LogP contribution in [-0.2, 0) is 6.42 Å². The van der Waals surface area contributed by atoms with E-state index in [4.69, 9.17) is 11.6 Å². The molecule has 1 aromatic carbocycles. The second-order valence-corrected chi connectivity index (χ2v) is 7.63. The molecule has 2 aliphatic rings. The van der Waals surface area contributed by atoms with Gasteiger partial charge in [0.1, 0.15) is 11.7 Å². The van der Waals surface area contributed by atoms with Crippen molar-refractivity contribution in [2.75, 3.05) is 5.01 Å². The van der Waals surface area contributed by atoms with Crippen molar-refractivity contribution in [3.8, 4) is 0 Å². The topological polar surface area (TPSA) is 36.1 Å². The summed E-state index contributed by atoms with van der Waals surface area (Å²) in [6, 6.07) is 6.92. The molecule has 0 radical (unpaired) electrons. The van der Waals surface area contributed by atoms with Gasteiger partial charge in [-0.3, -0.25) is 14.7 Å². The molecule has 0 aliphatic carbocycles. The Morgan fingerprint density at radius 2 is 1.96 bits per heavy atom. The van der Waals surface area contributed by atoms with Gasteiger partial charge < -0.3 is 0 Å². The fraction of sp³-hybridized carbons (Fsp3) is 0.429. The molecule has 1 aromatic heterocycles. The number of hydrogen-bond donors (Lipinski definition) is 0. The fourth-order valence-corrected chi connectivity index (χ4v) is 4.34. The molecule has 5 nitrogen and oxygen atoms in total. The van der Waals surface area contributed by atoms with Crippen LogP contribution >= 0.6 is 11.6 Å². The zero-order chi connectivity index (χ0) is 19.1. The lowest BCUT2D eigenvalue weighted by Gasteiger charge is -2.33. The van der Waals surface area contributed by atoms with E-state index >= 15 is 0 Å². The Bertz CT molecular complexity index is 951. The van der Waals surface area contributed by atoms with Gasteiger partial charge in [-0.25, -0.2) is 0 Å². The van der Waals surface area contributed by atoms with E-state index < -0.39 is 0 Å². The molecule has 2 aromatic rings. The van der Waals surface area contributed by atoms with E-state index in [1.807, 2.05) is 0 Å². The van der Waals surface area contributed by atoms with Crippen molar-refractivity contribution in [3.63, 3.8) is 0 Å². The first-order valence-electron chi connectivity index (χ1n) is 9.76. The van der Waals surface area contributed by atoms with E-state index in [9.17, 15) is 0 Å². The molecule has 27 heavy (non-hydrogen) atoms. The average Bonchev–Trinajstić information content (AvgIpc) is 3.26. The first-order chi connectivity index (χ1) is 13.1. The van der Waals surface area contributed by atoms with Crippen LogP contribution in [0, 0.1) is 0 Å². The molecule has 1 unspecified atom stereocenters. The van der Waals surface area contributed by atoms with Gasteiger partial charge in [-0.1, -0.05) is 37.6 Å². The lowest BCUT2D eigenvalue weighted by atomic mass is 10.1. The molecule has 2 aliphatic heterocycles. The number of benzene rings is 1. The zero-order valence-corrected chi connectivity index (χ0v) is 17.1. The lowest BCUT2D eigenvalue weighted by Crippen LogP contribution is -2.40. The second kappa shape index (κ2) is 7.04. The molecule has 142 valence electrons. The van der Waals surface area contributed by atoms with Gasteiger partial charge in [0.15, 0.2) is 0 Å². The van der Waals surface area contributed by atoms with Crippen LogP contribution in [0.2, 0.25) is 5.02 Å². The number of aryl methyl sites for hydroxylation is 1. The summed E-state index contributed by atoms with van der Waals surface area (Å²) in [5, 5.41) is 15.1. The second-order valence-electron chi connectivity index (χ2n) is 7.22. The Kier molecular flexibility index (Phi) is 4.72. The van der Waals surface area contributed by atoms with Crippen molar-refractivity contribution < 1.29 is 0 Å². The first kappa shape index (κ1) is 18.1. The van der Waals surface area contributed by atoms with Crippen molar-refractivity contribution in [2.24, 2.45) is 10.3 Å². The third kappa shape index (κ3) is 2.94. The minimum atomic E-state index is 0.121. The summed E-state index contributed by atoms with van der Waals surface area (Å²) in [7, 11) is 0. The molecule has 0 bridgehead atoms. The smallest absolute Gasteiger partial charge is 0.115 e. The minimum absolute atomic E-state index is 0.121. The van der Waals surface area contributed by atoms with E-state index in [0.717, 1.165) is 46.6 Å². The van der Waals surface area contributed by atoms with Crippen LogP contribution in [0.15, 0.2) is 58.4 Å². The van der Waals surface area contributed by atoms with E-state index in [2.05, 4.69) is 89.4 Å². The summed E-state index contributed by atoms with van der Waals surface area (Å²) in [5.41, 5.74) is 4.37. The average molecular weight is 384 g/mol. The maximum atomic E-state index is 6.63. The Morgan fingerprint density at radius 3 is 2.67 bits per heavy atom. The Hall–Kier alpha value is -2.27. The van der Waals surface area contributed by atoms with E-state index in [0.29, 0.717) is 6.04 Å². The summed E-state index contributed by atoms with van der Waals surface area (Å²) in [4.78, 5) is 0. The molecule has 6 heteroatoms. The summed E-state index contributed by atoms with van der Waals surface area (Å²) >= 11 is 6.63. The highest BCUT2D eigenvalue weighted by Gasteiger charge is 2.34. The van der Waals surface area contributed by atoms with E-state index in [-0.39, 0.29) is 6.04 Å². The Balaban J connectivity index is 1.73. The van der Waals surface area contributed by atoms with Crippen LogP contribution in [0.5, 0.6) is 0 Å². The van der Waals surface area contributed by atoms with Gasteiger partial charge in [0.05, 0.1) is 16.7 Å². The van der Waals surface area contributed by atoms with E-state index in [1.54, 1.807) is 0 Å². The highest BCUT2D eigenvalue weighted by atomic mass is 35.5. The quantitative estimate of drug-likeness (QED) is 0.654. The molecular weight excluding hydrogens is 358 g/mol. The molecular formula is C21H26ClN5. The van der Waals surface area contributed by atoms with Gasteiger partial charge >= 0.3 is 0 Å². The fourth-order valence-electron chi connectivity index (χ4n) is 4.00. The summed E-state index contributed by atoms with van der Waals surface area (Å²) in [6.45, 7) is 8.68. The summed E-state index contributed by atoms with van der Waals surface area (Å²) in [6.07, 6.45) is 9.49. The largest absolute Gasteiger partial charge is 0.262 e. The molecule has 1 atom stereocenters. The van der Waals surface area contributed by atoms with Gasteiger partial charge in [0, 0.05) is 23.3 Å². The summed E-state index contributed by atoms with van der Waals surface area (Å²) in [5.74, 6) is 0. The van der Waals surface area contributed by atoms with Crippen LogP contribution in [0.25, 0.3) is 10.9 Å². The minimum Gasteiger partial charge on any atom is -0.262 e. The van der Waals surface area contributed by atoms with Crippen molar-refractivity contribution in [2.45, 2.75) is 59.0 Å². The number of allylic oxidation sites excluding steroid dienone is 1. The highest BCUT2D eigenvalue weighted by molar-refractivity contribution is 6.35. The summed E-state index contributed by atoms with van der Waals surface area (Å²) < 4.78 is 2.10. The lowest BCUT2D eigenvalue weighted by molar-refractivity contribution is 0.184. The number of fused-ring (bicyclic) bond motifs is 2. The van der Waals surface area contributed by atoms with Crippen LogP contribution in [-0.4, -0.2) is 21.8 Å². The normalized spacial score (nSPS) is 19.1. The molecule has 4 rings (SSSR count). The molecule has 0 saturated heterocycles. The van der Waals surface area contributed by atoms with Gasteiger partial charge in [-0.05, 0) is 56.0 Å². The molecule has 0 N–H and O–H groups in total. The Morgan fingerprint density at radius 1 is 1.19 bits per heavy atom. The van der Waals surface area contributed by atoms with Crippen LogP contribution < -0.4 is 5.01 Å². The van der Waals surface area contributed by atoms with Gasteiger partial charge in [-0.15, -0.1) is 5.11 Å². The Labute approximate surface area is 165 Å². The number of halogens is 1. The predicted molar refractivity (Wildman–Crippen MR) is 111 cm³/mol. The maximum Gasteiger partial charge on any atom is 0.115 e. The third-order valence-corrected chi connectivity index (χ3v) is 5.89. The molecule has 0 saturated carbocycles. The number of aromatic nitrogens is 1. The molecule has 3 heterocycles. The number of rotatable bonds is 5.